The van der Waals surface area contributed by atoms with Gasteiger partial charge in [0, 0.05) is 18.0 Å². The van der Waals surface area contributed by atoms with Gasteiger partial charge in [-0.25, -0.2) is 8.42 Å². The summed E-state index contributed by atoms with van der Waals surface area (Å²) >= 11 is 0. The van der Waals surface area contributed by atoms with E-state index in [4.69, 9.17) is 4.42 Å². The number of nitrogens with zero attached hydrogens (tertiary/aromatic N) is 1. The fourth-order valence-electron chi connectivity index (χ4n) is 2.05. The molecule has 0 bridgehead atoms. The number of nitrogens with one attached hydrogen (secondary N) is 1. The maximum absolute atomic E-state index is 12.3. The van der Waals surface area contributed by atoms with Gasteiger partial charge in [-0.3, -0.25) is 9.78 Å². The van der Waals surface area contributed by atoms with E-state index in [1.807, 2.05) is 0 Å². The lowest BCUT2D eigenvalue weighted by Gasteiger charge is -2.05. The predicted octanol–water partition coefficient (Wildman–Crippen LogP) is 1.80. The third-order valence-electron chi connectivity index (χ3n) is 3.07. The zero-order valence-electron chi connectivity index (χ0n) is 11.2. The van der Waals surface area contributed by atoms with Crippen LogP contribution < -0.4 is 5.43 Å². The summed E-state index contributed by atoms with van der Waals surface area (Å²) in [6.07, 6.45) is 2.84. The van der Waals surface area contributed by atoms with Gasteiger partial charge in [-0.1, -0.05) is 0 Å². The van der Waals surface area contributed by atoms with E-state index in [1.165, 1.54) is 12.5 Å². The average molecular weight is 304 g/mol. The lowest BCUT2D eigenvalue weighted by Crippen LogP contribution is -2.12. The molecule has 7 heteroatoms. The van der Waals surface area contributed by atoms with Crippen LogP contribution in [0.5, 0.6) is 0 Å². The van der Waals surface area contributed by atoms with Crippen LogP contribution in [0.3, 0.4) is 0 Å². The Kier molecular flexibility index (Phi) is 3.13. The topological polar surface area (TPSA) is 93.0 Å². The standard InChI is InChI=1S/C14H12N2O4S/c1-9-5-12-11(7-15-9)13(17)6-14(16-12)21(18,19)8-10-3-2-4-20-10/h2-7H,8H2,1H3,(H,16,17). The molecule has 3 aromatic rings. The number of hydrogen-bond donors (Lipinski definition) is 1. The second-order valence-corrected chi connectivity index (χ2v) is 6.67. The molecule has 6 nitrogen and oxygen atoms in total. The fraction of sp³-hybridized carbons (Fsp3) is 0.143. The average Bonchev–Trinajstić information content (AvgIpc) is 2.90. The zero-order valence-corrected chi connectivity index (χ0v) is 12.0. The van der Waals surface area contributed by atoms with Gasteiger partial charge in [0.2, 0.25) is 9.84 Å². The Hall–Kier alpha value is -2.41. The lowest BCUT2D eigenvalue weighted by molar-refractivity contribution is 0.520. The first-order valence-electron chi connectivity index (χ1n) is 6.20. The molecule has 0 amide bonds. The highest BCUT2D eigenvalue weighted by Gasteiger charge is 2.19. The van der Waals surface area contributed by atoms with Crippen LogP contribution in [-0.2, 0) is 15.6 Å². The molecular weight excluding hydrogens is 292 g/mol. The van der Waals surface area contributed by atoms with E-state index >= 15 is 0 Å². The Balaban J connectivity index is 2.14. The molecule has 0 aliphatic carbocycles. The van der Waals surface area contributed by atoms with Gasteiger partial charge >= 0.3 is 0 Å². The Morgan fingerprint density at radius 2 is 2.14 bits per heavy atom. The molecular formula is C14H12N2O4S. The number of pyridine rings is 2. The minimum atomic E-state index is -3.68. The molecule has 0 saturated heterocycles. The molecule has 108 valence electrons. The van der Waals surface area contributed by atoms with Crippen molar-refractivity contribution in [2.75, 3.05) is 0 Å². The number of fused-ring (bicyclic) bond motifs is 1. The SMILES string of the molecule is Cc1cc2[nH]c(S(=O)(=O)Cc3ccco3)cc(=O)c2cn1. The van der Waals surface area contributed by atoms with Gasteiger partial charge in [-0.15, -0.1) is 0 Å². The molecule has 0 atom stereocenters. The maximum atomic E-state index is 12.3. The molecule has 1 N–H and O–H groups in total. The number of furan rings is 1. The van der Waals surface area contributed by atoms with Crippen molar-refractivity contribution in [3.63, 3.8) is 0 Å². The van der Waals surface area contributed by atoms with E-state index in [0.717, 1.165) is 6.07 Å². The van der Waals surface area contributed by atoms with Crippen LogP contribution in [0.2, 0.25) is 0 Å². The van der Waals surface area contributed by atoms with Crippen LogP contribution >= 0.6 is 0 Å². The van der Waals surface area contributed by atoms with Gasteiger partial charge < -0.3 is 9.40 Å². The van der Waals surface area contributed by atoms with E-state index in [-0.39, 0.29) is 16.2 Å². The van der Waals surface area contributed by atoms with Gasteiger partial charge in [-0.2, -0.15) is 0 Å². The minimum absolute atomic E-state index is 0.123. The first kappa shape index (κ1) is 13.6. The third kappa shape index (κ3) is 2.59. The lowest BCUT2D eigenvalue weighted by atomic mass is 10.2. The summed E-state index contributed by atoms with van der Waals surface area (Å²) in [6, 6.07) is 5.91. The van der Waals surface area contributed by atoms with Crippen LogP contribution in [0.25, 0.3) is 10.9 Å². The van der Waals surface area contributed by atoms with Crippen LogP contribution in [-0.4, -0.2) is 18.4 Å². The molecule has 0 saturated carbocycles. The van der Waals surface area contributed by atoms with E-state index in [9.17, 15) is 13.2 Å². The van der Waals surface area contributed by atoms with Crippen LogP contribution in [0, 0.1) is 6.92 Å². The molecule has 0 unspecified atom stereocenters. The number of H-pyrrole nitrogens is 1. The monoisotopic (exact) mass is 304 g/mol. The third-order valence-corrected chi connectivity index (χ3v) is 4.63. The van der Waals surface area contributed by atoms with E-state index in [2.05, 4.69) is 9.97 Å². The number of hydrogen-bond acceptors (Lipinski definition) is 5. The summed E-state index contributed by atoms with van der Waals surface area (Å²) in [4.78, 5) is 18.8. The summed E-state index contributed by atoms with van der Waals surface area (Å²) in [5, 5.41) is 0.236. The van der Waals surface area contributed by atoms with Crippen molar-refractivity contribution in [2.45, 2.75) is 17.7 Å². The molecule has 0 aromatic carbocycles. The van der Waals surface area contributed by atoms with Crippen molar-refractivity contribution >= 4 is 20.7 Å². The predicted molar refractivity (Wildman–Crippen MR) is 76.7 cm³/mol. The normalized spacial score (nSPS) is 11.9. The number of aromatic nitrogens is 2. The van der Waals surface area contributed by atoms with Crippen molar-refractivity contribution in [1.82, 2.24) is 9.97 Å². The summed E-state index contributed by atoms with van der Waals surface area (Å²) in [6.45, 7) is 1.77. The summed E-state index contributed by atoms with van der Waals surface area (Å²) < 4.78 is 29.7. The maximum Gasteiger partial charge on any atom is 0.200 e. The second kappa shape index (κ2) is 4.85. The van der Waals surface area contributed by atoms with E-state index in [1.54, 1.807) is 25.1 Å². The van der Waals surface area contributed by atoms with Crippen LogP contribution in [0.15, 0.2) is 51.0 Å². The summed E-state index contributed by atoms with van der Waals surface area (Å²) in [5.74, 6) is 0.0211. The van der Waals surface area contributed by atoms with Crippen molar-refractivity contribution in [1.29, 1.82) is 0 Å². The van der Waals surface area contributed by atoms with Gasteiger partial charge in [0.25, 0.3) is 0 Å². The quantitative estimate of drug-likeness (QED) is 0.796. The van der Waals surface area contributed by atoms with Crippen molar-refractivity contribution < 1.29 is 12.8 Å². The highest BCUT2D eigenvalue weighted by Crippen LogP contribution is 2.16. The molecule has 0 aliphatic rings. The summed E-state index contributed by atoms with van der Waals surface area (Å²) in [7, 11) is -3.68. The zero-order chi connectivity index (χ0) is 15.0. The highest BCUT2D eigenvalue weighted by molar-refractivity contribution is 7.90. The number of aromatic amines is 1. The Labute approximate surface area is 120 Å². The van der Waals surface area contributed by atoms with Gasteiger partial charge in [0.15, 0.2) is 5.43 Å². The Morgan fingerprint density at radius 3 is 2.86 bits per heavy atom. The van der Waals surface area contributed by atoms with Gasteiger partial charge in [0.05, 0.1) is 17.2 Å². The molecule has 3 heterocycles. The van der Waals surface area contributed by atoms with E-state index < -0.39 is 9.84 Å². The first-order chi connectivity index (χ1) is 9.95. The molecule has 0 aliphatic heterocycles. The number of aryl methyl sites for hydroxylation is 1. The minimum Gasteiger partial charge on any atom is -0.468 e. The van der Waals surface area contributed by atoms with Gasteiger partial charge in [0.1, 0.15) is 16.5 Å². The van der Waals surface area contributed by atoms with Crippen molar-refractivity contribution in [2.24, 2.45) is 0 Å². The summed E-state index contributed by atoms with van der Waals surface area (Å²) in [5.41, 5.74) is 0.765. The molecule has 3 aromatic heterocycles. The largest absolute Gasteiger partial charge is 0.468 e. The van der Waals surface area contributed by atoms with E-state index in [0.29, 0.717) is 22.4 Å². The van der Waals surface area contributed by atoms with Gasteiger partial charge in [-0.05, 0) is 25.1 Å². The van der Waals surface area contributed by atoms with Crippen molar-refractivity contribution in [3.8, 4) is 0 Å². The molecule has 21 heavy (non-hydrogen) atoms. The second-order valence-electron chi connectivity index (χ2n) is 4.71. The first-order valence-corrected chi connectivity index (χ1v) is 7.86. The fourth-order valence-corrected chi connectivity index (χ4v) is 3.30. The molecule has 0 spiro atoms. The smallest absolute Gasteiger partial charge is 0.200 e. The highest BCUT2D eigenvalue weighted by atomic mass is 32.2. The Morgan fingerprint density at radius 1 is 1.33 bits per heavy atom. The van der Waals surface area contributed by atoms with Crippen molar-refractivity contribution in [3.05, 3.63) is 58.4 Å². The molecule has 3 rings (SSSR count). The number of sulfone groups is 1. The van der Waals surface area contributed by atoms with Crippen LogP contribution in [0.4, 0.5) is 0 Å². The number of rotatable bonds is 3. The Bertz CT molecular complexity index is 956. The molecule has 0 radical (unpaired) electrons. The molecule has 0 fully saturated rings. The van der Waals surface area contributed by atoms with Crippen LogP contribution in [0.1, 0.15) is 11.5 Å².